The highest BCUT2D eigenvalue weighted by atomic mass is 19.3. The molecule has 0 nitrogen and oxygen atoms in total. The zero-order valence-corrected chi connectivity index (χ0v) is 15.7. The van der Waals surface area contributed by atoms with Gasteiger partial charge < -0.3 is 0 Å². The Kier molecular flexibility index (Phi) is 6.88. The maximum Gasteiger partial charge on any atom is 0.247 e. The van der Waals surface area contributed by atoms with Gasteiger partial charge in [-0.1, -0.05) is 26.2 Å². The molecule has 3 fully saturated rings. The molecule has 0 saturated heterocycles. The lowest BCUT2D eigenvalue weighted by Gasteiger charge is -2.44. The first-order valence-corrected chi connectivity index (χ1v) is 10.6. The van der Waals surface area contributed by atoms with Crippen LogP contribution in [0.3, 0.4) is 0 Å². The monoisotopic (exact) mass is 380 g/mol. The Labute approximate surface area is 154 Å². The second kappa shape index (κ2) is 8.77. The normalized spacial score (nSPS) is 47.9. The Morgan fingerprint density at radius 3 is 1.73 bits per heavy atom. The molecule has 0 heterocycles. The molecule has 0 aliphatic heterocycles. The minimum atomic E-state index is -2.98. The standard InChI is InChI=1S/C21H33F5/c1-2-12-3-5-13(6-4-12)14-7-8-16(17(22)9-14)15-10-18(23)20(21(25)26)19(24)11-15/h12-21H,2-11H2,1H3. The SMILES string of the molecule is CCC1CCC(C2CCC(C3CC(F)C(C(F)F)C(F)C3)C(F)C2)CC1. The maximum atomic E-state index is 14.9. The molecule has 0 radical (unpaired) electrons. The zero-order chi connectivity index (χ0) is 18.8. The summed E-state index contributed by atoms with van der Waals surface area (Å²) < 4.78 is 68.7. The van der Waals surface area contributed by atoms with E-state index in [9.17, 15) is 22.0 Å². The molecular weight excluding hydrogens is 347 g/mol. The van der Waals surface area contributed by atoms with Crippen LogP contribution in [0.5, 0.6) is 0 Å². The number of hydrogen-bond donors (Lipinski definition) is 0. The molecule has 3 aliphatic carbocycles. The smallest absolute Gasteiger partial charge is 0.247 e. The van der Waals surface area contributed by atoms with Gasteiger partial charge in [-0.2, -0.15) is 0 Å². The summed E-state index contributed by atoms with van der Waals surface area (Å²) in [4.78, 5) is 0. The van der Waals surface area contributed by atoms with E-state index in [4.69, 9.17) is 0 Å². The van der Waals surface area contributed by atoms with Crippen molar-refractivity contribution < 1.29 is 22.0 Å². The third-order valence-electron chi connectivity index (χ3n) is 7.79. The van der Waals surface area contributed by atoms with Crippen molar-refractivity contribution in [3.63, 3.8) is 0 Å². The third kappa shape index (κ3) is 4.38. The van der Waals surface area contributed by atoms with E-state index in [1.165, 1.54) is 32.1 Å². The first-order chi connectivity index (χ1) is 12.4. The highest BCUT2D eigenvalue weighted by Crippen LogP contribution is 2.48. The second-order valence-corrected chi connectivity index (χ2v) is 9.12. The van der Waals surface area contributed by atoms with Crippen LogP contribution in [-0.2, 0) is 0 Å². The van der Waals surface area contributed by atoms with Crippen molar-refractivity contribution >= 4 is 0 Å². The first kappa shape index (κ1) is 20.4. The van der Waals surface area contributed by atoms with Gasteiger partial charge in [0, 0.05) is 0 Å². The molecule has 0 spiro atoms. The van der Waals surface area contributed by atoms with E-state index in [1.54, 1.807) is 0 Å². The van der Waals surface area contributed by atoms with Crippen LogP contribution in [0.15, 0.2) is 0 Å². The van der Waals surface area contributed by atoms with Crippen LogP contribution >= 0.6 is 0 Å². The van der Waals surface area contributed by atoms with E-state index in [1.807, 2.05) is 0 Å². The molecule has 3 saturated carbocycles. The summed E-state index contributed by atoms with van der Waals surface area (Å²) in [6.45, 7) is 2.23. The fourth-order valence-corrected chi connectivity index (χ4v) is 6.08. The van der Waals surface area contributed by atoms with Crippen molar-refractivity contribution in [2.24, 2.45) is 35.5 Å². The van der Waals surface area contributed by atoms with Crippen molar-refractivity contribution in [3.8, 4) is 0 Å². The van der Waals surface area contributed by atoms with Gasteiger partial charge in [0.15, 0.2) is 0 Å². The van der Waals surface area contributed by atoms with E-state index in [2.05, 4.69) is 6.92 Å². The van der Waals surface area contributed by atoms with E-state index >= 15 is 0 Å². The van der Waals surface area contributed by atoms with Crippen molar-refractivity contribution in [2.45, 2.75) is 96.1 Å². The summed E-state index contributed by atoms with van der Waals surface area (Å²) in [5.41, 5.74) is 0. The van der Waals surface area contributed by atoms with E-state index in [-0.39, 0.29) is 18.8 Å². The summed E-state index contributed by atoms with van der Waals surface area (Å²) in [6.07, 6.45) is 0.217. The molecule has 5 unspecified atom stereocenters. The van der Waals surface area contributed by atoms with Gasteiger partial charge >= 0.3 is 0 Å². The van der Waals surface area contributed by atoms with Crippen LogP contribution in [0, 0.1) is 35.5 Å². The highest BCUT2D eigenvalue weighted by Gasteiger charge is 2.48. The van der Waals surface area contributed by atoms with Crippen molar-refractivity contribution in [3.05, 3.63) is 0 Å². The first-order valence-electron chi connectivity index (χ1n) is 10.6. The Balaban J connectivity index is 1.53. The topological polar surface area (TPSA) is 0 Å². The van der Waals surface area contributed by atoms with Crippen LogP contribution in [0.2, 0.25) is 0 Å². The minimum Gasteiger partial charge on any atom is -0.247 e. The van der Waals surface area contributed by atoms with Crippen LogP contribution < -0.4 is 0 Å². The van der Waals surface area contributed by atoms with Crippen molar-refractivity contribution in [2.75, 3.05) is 0 Å². The molecule has 0 aromatic rings. The molecule has 0 amide bonds. The lowest BCUT2D eigenvalue weighted by atomic mass is 9.63. The average molecular weight is 380 g/mol. The summed E-state index contributed by atoms with van der Waals surface area (Å²) in [5, 5.41) is 0. The number of rotatable bonds is 4. The molecule has 152 valence electrons. The molecule has 0 N–H and O–H groups in total. The highest BCUT2D eigenvalue weighted by molar-refractivity contribution is 4.95. The van der Waals surface area contributed by atoms with Crippen LogP contribution in [0.25, 0.3) is 0 Å². The van der Waals surface area contributed by atoms with Gasteiger partial charge in [-0.3, -0.25) is 0 Å². The largest absolute Gasteiger partial charge is 0.247 e. The molecule has 0 aromatic heterocycles. The Hall–Kier alpha value is -0.350. The molecule has 0 bridgehead atoms. The zero-order valence-electron chi connectivity index (χ0n) is 15.7. The van der Waals surface area contributed by atoms with Gasteiger partial charge in [-0.25, -0.2) is 22.0 Å². The van der Waals surface area contributed by atoms with Gasteiger partial charge in [0.2, 0.25) is 6.43 Å². The number of hydrogen-bond acceptors (Lipinski definition) is 0. The van der Waals surface area contributed by atoms with Gasteiger partial charge in [-0.05, 0) is 74.5 Å². The Morgan fingerprint density at radius 1 is 0.692 bits per heavy atom. The molecule has 5 heteroatoms. The summed E-state index contributed by atoms with van der Waals surface area (Å²) in [6, 6.07) is 0. The van der Waals surface area contributed by atoms with Gasteiger partial charge in [-0.15, -0.1) is 0 Å². The van der Waals surface area contributed by atoms with Gasteiger partial charge in [0.05, 0.1) is 5.92 Å². The fourth-order valence-electron chi connectivity index (χ4n) is 6.08. The molecule has 26 heavy (non-hydrogen) atoms. The van der Waals surface area contributed by atoms with Crippen LogP contribution in [-0.4, -0.2) is 24.9 Å². The van der Waals surface area contributed by atoms with E-state index < -0.39 is 36.8 Å². The van der Waals surface area contributed by atoms with Crippen LogP contribution in [0.4, 0.5) is 22.0 Å². The Morgan fingerprint density at radius 2 is 1.23 bits per heavy atom. The third-order valence-corrected chi connectivity index (χ3v) is 7.79. The van der Waals surface area contributed by atoms with E-state index in [0.29, 0.717) is 24.7 Å². The molecule has 3 rings (SSSR count). The summed E-state index contributed by atoms with van der Waals surface area (Å²) in [7, 11) is 0. The Bertz CT molecular complexity index is 422. The molecular formula is C21H33F5. The molecule has 0 aromatic carbocycles. The predicted molar refractivity (Wildman–Crippen MR) is 93.5 cm³/mol. The van der Waals surface area contributed by atoms with Crippen molar-refractivity contribution in [1.29, 1.82) is 0 Å². The predicted octanol–water partition coefficient (Wildman–Crippen LogP) is 6.92. The maximum absolute atomic E-state index is 14.9. The average Bonchev–Trinajstić information content (AvgIpc) is 2.60. The lowest BCUT2D eigenvalue weighted by molar-refractivity contribution is -0.0729. The number of alkyl halides is 5. The summed E-state index contributed by atoms with van der Waals surface area (Å²) >= 11 is 0. The van der Waals surface area contributed by atoms with Crippen LogP contribution in [0.1, 0.15) is 71.1 Å². The van der Waals surface area contributed by atoms with Gasteiger partial charge in [0.1, 0.15) is 18.5 Å². The second-order valence-electron chi connectivity index (χ2n) is 9.12. The molecule has 5 atom stereocenters. The summed E-state index contributed by atoms with van der Waals surface area (Å²) in [5.74, 6) is -0.811. The lowest BCUT2D eigenvalue weighted by Crippen LogP contribution is -2.44. The minimum absolute atomic E-state index is 0.104. The fraction of sp³-hybridized carbons (Fsp3) is 1.00. The molecule has 3 aliphatic rings. The quantitative estimate of drug-likeness (QED) is 0.464. The number of halogens is 5. The van der Waals surface area contributed by atoms with E-state index in [0.717, 1.165) is 12.3 Å². The van der Waals surface area contributed by atoms with Gasteiger partial charge in [0.25, 0.3) is 0 Å². The van der Waals surface area contributed by atoms with Crippen molar-refractivity contribution in [1.82, 2.24) is 0 Å².